The van der Waals surface area contributed by atoms with Gasteiger partial charge >= 0.3 is 0 Å². The molecule has 27 heavy (non-hydrogen) atoms. The van der Waals surface area contributed by atoms with Gasteiger partial charge in [0.15, 0.2) is 5.76 Å². The summed E-state index contributed by atoms with van der Waals surface area (Å²) in [6, 6.07) is 12.5. The molecule has 2 aromatic heterocycles. The zero-order chi connectivity index (χ0) is 19.4. The summed E-state index contributed by atoms with van der Waals surface area (Å²) < 4.78 is 5.30. The van der Waals surface area contributed by atoms with Crippen molar-refractivity contribution < 1.29 is 14.0 Å². The minimum atomic E-state index is -0.306. The average molecular weight is 381 g/mol. The van der Waals surface area contributed by atoms with Crippen molar-refractivity contribution in [3.05, 3.63) is 75.4 Å². The van der Waals surface area contributed by atoms with Crippen LogP contribution in [-0.2, 0) is 0 Å². The van der Waals surface area contributed by atoms with E-state index in [2.05, 4.69) is 15.8 Å². The molecule has 7 heteroatoms. The van der Waals surface area contributed by atoms with Crippen LogP contribution in [0.1, 0.15) is 44.0 Å². The molecule has 3 aromatic rings. The van der Waals surface area contributed by atoms with E-state index < -0.39 is 0 Å². The molecule has 2 amide bonds. The Morgan fingerprint density at radius 3 is 2.33 bits per heavy atom. The number of hydrogen-bond donors (Lipinski definition) is 2. The lowest BCUT2D eigenvalue weighted by Crippen LogP contribution is -2.19. The maximum Gasteiger partial charge on any atom is 0.291 e. The Balaban J connectivity index is 1.63. The van der Waals surface area contributed by atoms with Crippen molar-refractivity contribution in [2.45, 2.75) is 20.8 Å². The summed E-state index contributed by atoms with van der Waals surface area (Å²) in [5.41, 5.74) is 5.64. The largest absolute Gasteiger partial charge is 0.456 e. The predicted molar refractivity (Wildman–Crippen MR) is 107 cm³/mol. The number of benzene rings is 1. The number of hydrazone groups is 1. The fourth-order valence-electron chi connectivity index (χ4n) is 2.40. The number of amides is 2. The minimum Gasteiger partial charge on any atom is -0.456 e. The zero-order valence-electron chi connectivity index (χ0n) is 15.2. The van der Waals surface area contributed by atoms with Gasteiger partial charge in [-0.15, -0.1) is 11.3 Å². The van der Waals surface area contributed by atoms with E-state index in [0.717, 1.165) is 11.1 Å². The van der Waals surface area contributed by atoms with Crippen molar-refractivity contribution in [1.29, 1.82) is 0 Å². The highest BCUT2D eigenvalue weighted by Gasteiger charge is 2.11. The standard InChI is InChI=1S/C20H19N3O3S/c1-12-10-11-27-18(12)20(25)23-22-14(3)15-5-7-16(8-6-15)21-19(24)17-9-4-13(2)26-17/h4-11H,1-3H3,(H,21,24)(H,23,25)/b22-14-. The fraction of sp³-hybridized carbons (Fsp3) is 0.150. The Morgan fingerprint density at radius 1 is 1.00 bits per heavy atom. The second-order valence-corrected chi connectivity index (χ2v) is 6.93. The molecule has 138 valence electrons. The van der Waals surface area contributed by atoms with E-state index in [0.29, 0.717) is 22.0 Å². The number of thiophene rings is 1. The number of carbonyl (C=O) groups excluding carboxylic acids is 2. The van der Waals surface area contributed by atoms with Gasteiger partial charge in [0.05, 0.1) is 10.6 Å². The van der Waals surface area contributed by atoms with Crippen LogP contribution in [0.5, 0.6) is 0 Å². The van der Waals surface area contributed by atoms with Gasteiger partial charge in [-0.1, -0.05) is 12.1 Å². The number of furan rings is 1. The summed E-state index contributed by atoms with van der Waals surface area (Å²) in [4.78, 5) is 24.8. The first-order valence-electron chi connectivity index (χ1n) is 8.31. The summed E-state index contributed by atoms with van der Waals surface area (Å²) in [6.45, 7) is 5.48. The molecule has 0 aliphatic heterocycles. The van der Waals surface area contributed by atoms with Gasteiger partial charge in [0.25, 0.3) is 11.8 Å². The predicted octanol–water partition coefficient (Wildman–Crippen LogP) is 4.36. The number of nitrogens with zero attached hydrogens (tertiary/aromatic N) is 1. The zero-order valence-corrected chi connectivity index (χ0v) is 16.0. The summed E-state index contributed by atoms with van der Waals surface area (Å²) >= 11 is 1.38. The quantitative estimate of drug-likeness (QED) is 0.509. The first-order chi connectivity index (χ1) is 12.9. The average Bonchev–Trinajstić information content (AvgIpc) is 3.28. The van der Waals surface area contributed by atoms with Gasteiger partial charge in [0.2, 0.25) is 0 Å². The maximum absolute atomic E-state index is 12.1. The molecule has 2 N–H and O–H groups in total. The lowest BCUT2D eigenvalue weighted by atomic mass is 10.1. The third-order valence-electron chi connectivity index (χ3n) is 3.92. The second-order valence-electron chi connectivity index (χ2n) is 6.01. The summed E-state index contributed by atoms with van der Waals surface area (Å²) in [5, 5.41) is 8.80. The van der Waals surface area contributed by atoms with Gasteiger partial charge in [-0.25, -0.2) is 5.43 Å². The van der Waals surface area contributed by atoms with Crippen LogP contribution < -0.4 is 10.7 Å². The highest BCUT2D eigenvalue weighted by molar-refractivity contribution is 7.12. The molecule has 0 unspecified atom stereocenters. The van der Waals surface area contributed by atoms with E-state index in [9.17, 15) is 9.59 Å². The molecule has 0 saturated heterocycles. The molecule has 0 saturated carbocycles. The van der Waals surface area contributed by atoms with Crippen molar-refractivity contribution in [1.82, 2.24) is 5.43 Å². The smallest absolute Gasteiger partial charge is 0.291 e. The van der Waals surface area contributed by atoms with Crippen molar-refractivity contribution >= 4 is 34.6 Å². The fourth-order valence-corrected chi connectivity index (χ4v) is 3.21. The molecule has 0 radical (unpaired) electrons. The Hall–Kier alpha value is -3.19. The number of nitrogens with one attached hydrogen (secondary N) is 2. The Morgan fingerprint density at radius 2 is 1.74 bits per heavy atom. The topological polar surface area (TPSA) is 83.7 Å². The highest BCUT2D eigenvalue weighted by atomic mass is 32.1. The molecule has 6 nitrogen and oxygen atoms in total. The first-order valence-corrected chi connectivity index (χ1v) is 9.19. The number of anilines is 1. The van der Waals surface area contributed by atoms with Gasteiger partial charge in [0, 0.05) is 5.69 Å². The van der Waals surface area contributed by atoms with E-state index in [4.69, 9.17) is 4.42 Å². The van der Waals surface area contributed by atoms with Crippen LogP contribution >= 0.6 is 11.3 Å². The third kappa shape index (κ3) is 4.51. The molecule has 2 heterocycles. The second kappa shape index (κ2) is 8.01. The summed E-state index contributed by atoms with van der Waals surface area (Å²) in [5.74, 6) is 0.419. The number of carbonyl (C=O) groups is 2. The van der Waals surface area contributed by atoms with Gasteiger partial charge in [0.1, 0.15) is 5.76 Å². The molecule has 0 bridgehead atoms. The maximum atomic E-state index is 12.1. The van der Waals surface area contributed by atoms with Crippen LogP contribution in [-0.4, -0.2) is 17.5 Å². The Bertz CT molecular complexity index is 1000. The van der Waals surface area contributed by atoms with E-state index in [-0.39, 0.29) is 17.6 Å². The molecular weight excluding hydrogens is 362 g/mol. The van der Waals surface area contributed by atoms with Crippen molar-refractivity contribution in [2.24, 2.45) is 5.10 Å². The van der Waals surface area contributed by atoms with Crippen molar-refractivity contribution in [3.8, 4) is 0 Å². The van der Waals surface area contributed by atoms with Gasteiger partial charge in [-0.05, 0) is 67.6 Å². The van der Waals surface area contributed by atoms with Crippen LogP contribution in [0.25, 0.3) is 0 Å². The minimum absolute atomic E-state index is 0.223. The summed E-state index contributed by atoms with van der Waals surface area (Å²) in [7, 11) is 0. The summed E-state index contributed by atoms with van der Waals surface area (Å²) in [6.07, 6.45) is 0. The SMILES string of the molecule is C/C(=N/NC(=O)c1sccc1C)c1ccc(NC(=O)c2ccc(C)o2)cc1. The van der Waals surface area contributed by atoms with Crippen LogP contribution in [0.2, 0.25) is 0 Å². The molecule has 1 aromatic carbocycles. The van der Waals surface area contributed by atoms with Crippen LogP contribution in [0.4, 0.5) is 5.69 Å². The first kappa shape index (κ1) is 18.6. The van der Waals surface area contributed by atoms with Gasteiger partial charge in [-0.2, -0.15) is 5.10 Å². The van der Waals surface area contributed by atoms with Crippen LogP contribution in [0, 0.1) is 13.8 Å². The lowest BCUT2D eigenvalue weighted by molar-refractivity contribution is 0.0957. The molecule has 0 spiro atoms. The molecule has 0 atom stereocenters. The molecule has 3 rings (SSSR count). The Labute approximate surface area is 160 Å². The van der Waals surface area contributed by atoms with E-state index in [1.54, 1.807) is 38.1 Å². The molecule has 0 fully saturated rings. The van der Waals surface area contributed by atoms with E-state index >= 15 is 0 Å². The van der Waals surface area contributed by atoms with Gasteiger partial charge < -0.3 is 9.73 Å². The molecular formula is C20H19N3O3S. The lowest BCUT2D eigenvalue weighted by Gasteiger charge is -2.06. The number of aryl methyl sites for hydroxylation is 2. The normalized spacial score (nSPS) is 11.3. The molecule has 0 aliphatic carbocycles. The Kier molecular flexibility index (Phi) is 5.52. The van der Waals surface area contributed by atoms with Crippen LogP contribution in [0.3, 0.4) is 0 Å². The number of hydrogen-bond acceptors (Lipinski definition) is 5. The highest BCUT2D eigenvalue weighted by Crippen LogP contribution is 2.16. The monoisotopic (exact) mass is 381 g/mol. The van der Waals surface area contributed by atoms with Gasteiger partial charge in [-0.3, -0.25) is 9.59 Å². The van der Waals surface area contributed by atoms with Crippen molar-refractivity contribution in [2.75, 3.05) is 5.32 Å². The van der Waals surface area contributed by atoms with E-state index in [1.807, 2.05) is 30.5 Å². The van der Waals surface area contributed by atoms with Crippen molar-refractivity contribution in [3.63, 3.8) is 0 Å². The third-order valence-corrected chi connectivity index (χ3v) is 4.93. The van der Waals surface area contributed by atoms with E-state index in [1.165, 1.54) is 11.3 Å². The van der Waals surface area contributed by atoms with Crippen LogP contribution in [0.15, 0.2) is 57.4 Å². The molecule has 0 aliphatic rings. The number of rotatable bonds is 5.